The molecule has 0 fully saturated rings. The summed E-state index contributed by atoms with van der Waals surface area (Å²) in [4.78, 5) is 10.8. The van der Waals surface area contributed by atoms with E-state index in [9.17, 15) is 9.90 Å². The Morgan fingerprint density at radius 3 is 2.64 bits per heavy atom. The molecule has 5 nitrogen and oxygen atoms in total. The smallest absolute Gasteiger partial charge is 0.306 e. The van der Waals surface area contributed by atoms with Gasteiger partial charge in [0.25, 0.3) is 0 Å². The number of hydrogen-bond acceptors (Lipinski definition) is 4. The molecule has 5 heteroatoms. The van der Waals surface area contributed by atoms with Crippen molar-refractivity contribution in [3.63, 3.8) is 0 Å². The second-order valence-corrected chi connectivity index (χ2v) is 3.31. The van der Waals surface area contributed by atoms with Gasteiger partial charge >= 0.3 is 5.97 Å². The predicted octanol–water partition coefficient (Wildman–Crippen LogP) is -0.176. The lowest BCUT2D eigenvalue weighted by molar-refractivity contribution is -0.143. The average molecular weight is 205 g/mol. The van der Waals surface area contributed by atoms with Crippen LogP contribution in [0.4, 0.5) is 0 Å². The van der Waals surface area contributed by atoms with Gasteiger partial charge in [-0.15, -0.1) is 0 Å². The molecule has 0 saturated carbocycles. The number of carbonyl (C=O) groups is 1. The Balaban J connectivity index is 3.89. The van der Waals surface area contributed by atoms with E-state index in [1.807, 2.05) is 0 Å². The first-order valence-electron chi connectivity index (χ1n) is 4.71. The molecule has 2 unspecified atom stereocenters. The molecule has 0 amide bonds. The number of hydrogen-bond donors (Lipinski definition) is 3. The van der Waals surface area contributed by atoms with Crippen molar-refractivity contribution < 1.29 is 19.7 Å². The quantitative estimate of drug-likeness (QED) is 0.511. The first-order chi connectivity index (χ1) is 6.61. The molecule has 0 radical (unpaired) electrons. The Morgan fingerprint density at radius 1 is 1.57 bits per heavy atom. The van der Waals surface area contributed by atoms with Gasteiger partial charge < -0.3 is 20.7 Å². The van der Waals surface area contributed by atoms with Crippen LogP contribution in [0, 0.1) is 5.92 Å². The van der Waals surface area contributed by atoms with E-state index in [2.05, 4.69) is 0 Å². The fourth-order valence-corrected chi connectivity index (χ4v) is 1.30. The number of carboxylic acid groups (broad SMARTS) is 1. The van der Waals surface area contributed by atoms with Gasteiger partial charge in [0.1, 0.15) is 0 Å². The van der Waals surface area contributed by atoms with Gasteiger partial charge in [0, 0.05) is 7.11 Å². The molecule has 0 aliphatic rings. The lowest BCUT2D eigenvalue weighted by atomic mass is 9.96. The van der Waals surface area contributed by atoms with Crippen molar-refractivity contribution in [3.05, 3.63) is 0 Å². The van der Waals surface area contributed by atoms with Crippen LogP contribution in [0.25, 0.3) is 0 Å². The zero-order valence-electron chi connectivity index (χ0n) is 8.48. The normalized spacial score (nSPS) is 15.1. The number of carboxylic acids is 1. The second-order valence-electron chi connectivity index (χ2n) is 3.31. The second kappa shape index (κ2) is 7.73. The van der Waals surface area contributed by atoms with Crippen LogP contribution < -0.4 is 5.73 Å². The monoisotopic (exact) mass is 205 g/mol. The zero-order valence-corrected chi connectivity index (χ0v) is 8.48. The predicted molar refractivity (Wildman–Crippen MR) is 51.9 cm³/mol. The topological polar surface area (TPSA) is 92.8 Å². The van der Waals surface area contributed by atoms with Crippen LogP contribution >= 0.6 is 0 Å². The summed E-state index contributed by atoms with van der Waals surface area (Å²) in [5.74, 6) is -1.41. The average Bonchev–Trinajstić information content (AvgIpc) is 2.12. The molecule has 0 rings (SSSR count). The molecule has 0 aromatic heterocycles. The van der Waals surface area contributed by atoms with Crippen molar-refractivity contribution in [1.29, 1.82) is 0 Å². The minimum Gasteiger partial charge on any atom is -0.481 e. The molecule has 0 spiro atoms. The third-order valence-corrected chi connectivity index (χ3v) is 2.02. The molecule has 0 bridgehead atoms. The summed E-state index contributed by atoms with van der Waals surface area (Å²) in [7, 11) is 1.47. The van der Waals surface area contributed by atoms with Crippen molar-refractivity contribution in [3.8, 4) is 0 Å². The minimum absolute atomic E-state index is 0.173. The number of methoxy groups -OCH3 is 1. The van der Waals surface area contributed by atoms with Crippen molar-refractivity contribution in [2.75, 3.05) is 20.3 Å². The van der Waals surface area contributed by atoms with Gasteiger partial charge in [-0.25, -0.2) is 0 Å². The van der Waals surface area contributed by atoms with Gasteiger partial charge in [0.05, 0.1) is 18.6 Å². The van der Waals surface area contributed by atoms with Gasteiger partial charge in [-0.05, 0) is 25.8 Å². The van der Waals surface area contributed by atoms with Crippen LogP contribution in [-0.4, -0.2) is 42.5 Å². The maximum Gasteiger partial charge on any atom is 0.306 e. The van der Waals surface area contributed by atoms with Gasteiger partial charge in [0.15, 0.2) is 0 Å². The van der Waals surface area contributed by atoms with E-state index in [0.717, 1.165) is 0 Å². The number of nitrogens with two attached hydrogens (primary N) is 1. The van der Waals surface area contributed by atoms with Gasteiger partial charge in [-0.2, -0.15) is 0 Å². The van der Waals surface area contributed by atoms with Crippen LogP contribution in [-0.2, 0) is 9.53 Å². The summed E-state index contributed by atoms with van der Waals surface area (Å²) >= 11 is 0. The number of aliphatic hydroxyl groups is 1. The Labute approximate surface area is 83.9 Å². The van der Waals surface area contributed by atoms with Crippen molar-refractivity contribution in [2.45, 2.75) is 25.4 Å². The van der Waals surface area contributed by atoms with Gasteiger partial charge in [-0.1, -0.05) is 0 Å². The summed E-state index contributed by atoms with van der Waals surface area (Å²) in [5.41, 5.74) is 5.29. The number of ether oxygens (including phenoxy) is 1. The molecule has 0 aliphatic heterocycles. The molecule has 4 N–H and O–H groups in total. The molecule has 0 saturated heterocycles. The SMILES string of the molecule is COCC(O)CC(CCCN)C(=O)O. The van der Waals surface area contributed by atoms with E-state index in [1.165, 1.54) is 7.11 Å². The molecule has 84 valence electrons. The third-order valence-electron chi connectivity index (χ3n) is 2.02. The Morgan fingerprint density at radius 2 is 2.21 bits per heavy atom. The highest BCUT2D eigenvalue weighted by atomic mass is 16.5. The Kier molecular flexibility index (Phi) is 7.37. The molecule has 14 heavy (non-hydrogen) atoms. The lowest BCUT2D eigenvalue weighted by Gasteiger charge is -2.15. The van der Waals surface area contributed by atoms with Crippen molar-refractivity contribution >= 4 is 5.97 Å². The molecular weight excluding hydrogens is 186 g/mol. The number of rotatable bonds is 8. The van der Waals surface area contributed by atoms with Crippen molar-refractivity contribution in [2.24, 2.45) is 11.7 Å². The number of aliphatic carboxylic acids is 1. The van der Waals surface area contributed by atoms with Crippen LogP contribution in [0.1, 0.15) is 19.3 Å². The first kappa shape index (κ1) is 13.4. The van der Waals surface area contributed by atoms with E-state index in [4.69, 9.17) is 15.6 Å². The molecular formula is C9H19NO4. The Hall–Kier alpha value is -0.650. The highest BCUT2D eigenvalue weighted by Gasteiger charge is 2.20. The molecule has 0 aromatic rings. The summed E-state index contributed by atoms with van der Waals surface area (Å²) in [6.07, 6.45) is 0.686. The first-order valence-corrected chi connectivity index (χ1v) is 4.71. The highest BCUT2D eigenvalue weighted by molar-refractivity contribution is 5.69. The number of aliphatic hydroxyl groups excluding tert-OH is 1. The van der Waals surface area contributed by atoms with E-state index in [0.29, 0.717) is 19.4 Å². The zero-order chi connectivity index (χ0) is 11.0. The lowest BCUT2D eigenvalue weighted by Crippen LogP contribution is -2.24. The van der Waals surface area contributed by atoms with Crippen LogP contribution in [0.2, 0.25) is 0 Å². The fourth-order valence-electron chi connectivity index (χ4n) is 1.30. The Bertz CT molecular complexity index is 163. The van der Waals surface area contributed by atoms with E-state index in [-0.39, 0.29) is 13.0 Å². The van der Waals surface area contributed by atoms with E-state index >= 15 is 0 Å². The van der Waals surface area contributed by atoms with Crippen LogP contribution in [0.15, 0.2) is 0 Å². The van der Waals surface area contributed by atoms with Gasteiger partial charge in [0.2, 0.25) is 0 Å². The molecule has 0 aromatic carbocycles. The van der Waals surface area contributed by atoms with E-state index < -0.39 is 18.0 Å². The highest BCUT2D eigenvalue weighted by Crippen LogP contribution is 2.13. The largest absolute Gasteiger partial charge is 0.481 e. The van der Waals surface area contributed by atoms with Gasteiger partial charge in [-0.3, -0.25) is 4.79 Å². The summed E-state index contributed by atoms with van der Waals surface area (Å²) < 4.78 is 4.72. The standard InChI is InChI=1S/C9H19NO4/c1-14-6-8(11)5-7(9(12)13)3-2-4-10/h7-8,11H,2-6,10H2,1H3,(H,12,13). The maximum absolute atomic E-state index is 10.8. The summed E-state index contributed by atoms with van der Waals surface area (Å²) in [6.45, 7) is 0.649. The molecule has 2 atom stereocenters. The summed E-state index contributed by atoms with van der Waals surface area (Å²) in [6, 6.07) is 0. The van der Waals surface area contributed by atoms with Crippen LogP contribution in [0.5, 0.6) is 0 Å². The third kappa shape index (κ3) is 5.90. The van der Waals surface area contributed by atoms with E-state index in [1.54, 1.807) is 0 Å². The molecule has 0 heterocycles. The minimum atomic E-state index is -0.881. The van der Waals surface area contributed by atoms with Crippen LogP contribution in [0.3, 0.4) is 0 Å². The fraction of sp³-hybridized carbons (Fsp3) is 0.889. The maximum atomic E-state index is 10.8. The molecule has 0 aliphatic carbocycles. The van der Waals surface area contributed by atoms with Crippen molar-refractivity contribution in [1.82, 2.24) is 0 Å². The summed E-state index contributed by atoms with van der Waals surface area (Å²) in [5, 5.41) is 18.2.